The summed E-state index contributed by atoms with van der Waals surface area (Å²) >= 11 is 6.45. The average Bonchev–Trinajstić information content (AvgIpc) is 4.04. The fourth-order valence-corrected chi connectivity index (χ4v) is 9.92. The van der Waals surface area contributed by atoms with E-state index in [2.05, 4.69) is 17.0 Å². The summed E-state index contributed by atoms with van der Waals surface area (Å²) in [6.07, 6.45) is 21.8. The normalized spacial score (nSPS) is 19.7. The molecule has 0 aliphatic carbocycles. The predicted molar refractivity (Wildman–Crippen MR) is 244 cm³/mol. The highest BCUT2D eigenvalue weighted by molar-refractivity contribution is 7.48. The summed E-state index contributed by atoms with van der Waals surface area (Å²) in [5, 5.41) is 14.0. The van der Waals surface area contributed by atoms with Crippen LogP contribution in [-0.2, 0) is 39.2 Å². The van der Waals surface area contributed by atoms with Crippen LogP contribution < -0.4 is 10.3 Å². The fourth-order valence-electron chi connectivity index (χ4n) is 8.44. The van der Waals surface area contributed by atoms with Crippen LogP contribution in [0.25, 0.3) is 5.52 Å². The van der Waals surface area contributed by atoms with Crippen LogP contribution in [0.2, 0.25) is 5.02 Å². The third-order valence-electron chi connectivity index (χ3n) is 11.9. The predicted octanol–water partition coefficient (Wildman–Crippen LogP) is 12.4. The van der Waals surface area contributed by atoms with E-state index in [-0.39, 0.29) is 42.9 Å². The number of hydrogen-bond donors (Lipinski definition) is 1. The van der Waals surface area contributed by atoms with Crippen LogP contribution in [0.3, 0.4) is 0 Å². The summed E-state index contributed by atoms with van der Waals surface area (Å²) < 4.78 is 73.3. The second-order valence-corrected chi connectivity index (χ2v) is 18.9. The molecule has 2 unspecified atom stereocenters. The van der Waals surface area contributed by atoms with Crippen molar-refractivity contribution in [2.24, 2.45) is 0 Å². The van der Waals surface area contributed by atoms with Crippen LogP contribution in [0.1, 0.15) is 152 Å². The maximum absolute atomic E-state index is 14.6. The highest BCUT2D eigenvalue weighted by Crippen LogP contribution is 2.52. The van der Waals surface area contributed by atoms with Crippen molar-refractivity contribution in [1.82, 2.24) is 14.6 Å². The van der Waals surface area contributed by atoms with Gasteiger partial charge in [0.15, 0.2) is 5.82 Å². The Labute approximate surface area is 383 Å². The van der Waals surface area contributed by atoms with Gasteiger partial charge in [0.25, 0.3) is 0 Å². The largest absolute Gasteiger partial charge is 0.530 e. The number of benzene rings is 2. The van der Waals surface area contributed by atoms with Gasteiger partial charge in [0.05, 0.1) is 48.3 Å². The molecule has 2 aliphatic rings. The molecule has 4 heterocycles. The smallest absolute Gasteiger partial charge is 0.402 e. The number of nitrogens with two attached hydrogens (primary N) is 1. The molecule has 13 nitrogen and oxygen atoms in total. The average molecular weight is 927 g/mol. The van der Waals surface area contributed by atoms with E-state index in [1.807, 2.05) is 12.1 Å². The van der Waals surface area contributed by atoms with Gasteiger partial charge in [-0.25, -0.2) is 18.5 Å². The lowest BCUT2D eigenvalue weighted by Gasteiger charge is -2.24. The van der Waals surface area contributed by atoms with Crippen LogP contribution in [0.4, 0.5) is 10.2 Å². The highest BCUT2D eigenvalue weighted by atomic mass is 35.5. The second kappa shape index (κ2) is 26.5. The van der Waals surface area contributed by atoms with E-state index in [1.54, 1.807) is 40.9 Å². The maximum Gasteiger partial charge on any atom is 0.530 e. The Morgan fingerprint density at radius 3 is 2.22 bits per heavy atom. The zero-order valence-corrected chi connectivity index (χ0v) is 38.9. The minimum Gasteiger partial charge on any atom is -0.402 e. The van der Waals surface area contributed by atoms with Crippen molar-refractivity contribution in [3.8, 4) is 11.8 Å². The molecule has 64 heavy (non-hydrogen) atoms. The van der Waals surface area contributed by atoms with Crippen molar-refractivity contribution < 1.29 is 41.5 Å². The Balaban J connectivity index is 1.01. The summed E-state index contributed by atoms with van der Waals surface area (Å²) in [5.74, 6) is -0.102. The molecule has 0 amide bonds. The molecular formula is C48H66ClFN5O8P. The molecule has 0 spiro atoms. The van der Waals surface area contributed by atoms with Gasteiger partial charge in [-0.05, 0) is 54.4 Å². The molecular weight excluding hydrogens is 860 g/mol. The van der Waals surface area contributed by atoms with Gasteiger partial charge in [-0.3, -0.25) is 9.05 Å². The van der Waals surface area contributed by atoms with Gasteiger partial charge in [0.2, 0.25) is 0 Å². The number of anilines is 1. The van der Waals surface area contributed by atoms with Crippen LogP contribution >= 0.6 is 19.4 Å². The summed E-state index contributed by atoms with van der Waals surface area (Å²) in [5.41, 5.74) is 8.07. The molecule has 2 aromatic heterocycles. The molecule has 350 valence electrons. The van der Waals surface area contributed by atoms with Gasteiger partial charge in [-0.2, -0.15) is 10.4 Å². The van der Waals surface area contributed by atoms with Gasteiger partial charge < -0.3 is 29.2 Å². The number of fused-ring (bicyclic) bond motifs is 2. The monoisotopic (exact) mass is 925 g/mol. The first-order chi connectivity index (χ1) is 31.3. The fraction of sp³-hybridized carbons (Fsp3) is 0.604. The lowest BCUT2D eigenvalue weighted by molar-refractivity contribution is -0.0886. The molecule has 0 bridgehead atoms. The molecule has 2 aromatic carbocycles. The first-order valence-corrected chi connectivity index (χ1v) is 25.2. The molecule has 2 fully saturated rings. The van der Waals surface area contributed by atoms with Gasteiger partial charge in [-0.15, -0.1) is 0 Å². The van der Waals surface area contributed by atoms with E-state index in [0.29, 0.717) is 29.0 Å². The van der Waals surface area contributed by atoms with Crippen molar-refractivity contribution >= 4 is 30.8 Å². The topological polar surface area (TPSA) is 162 Å². The Morgan fingerprint density at radius 1 is 0.891 bits per heavy atom. The van der Waals surface area contributed by atoms with E-state index in [4.69, 9.17) is 49.9 Å². The lowest BCUT2D eigenvalue weighted by Crippen LogP contribution is -2.31. The summed E-state index contributed by atoms with van der Waals surface area (Å²) in [6, 6.07) is 16.3. The number of nitrogens with zero attached hydrogens (tertiary/aromatic N) is 4. The zero-order valence-electron chi connectivity index (χ0n) is 37.3. The number of unbranched alkanes of at least 4 members (excludes halogenated alkanes) is 17. The Bertz CT molecular complexity index is 2110. The van der Waals surface area contributed by atoms with Gasteiger partial charge >= 0.3 is 7.82 Å². The third kappa shape index (κ3) is 15.2. The van der Waals surface area contributed by atoms with Crippen molar-refractivity contribution in [3.63, 3.8) is 0 Å². The van der Waals surface area contributed by atoms with Crippen LogP contribution in [0.5, 0.6) is 5.75 Å². The van der Waals surface area contributed by atoms with E-state index in [9.17, 15) is 14.2 Å². The highest BCUT2D eigenvalue weighted by Gasteiger charge is 2.52. The number of hydrogen-bond acceptors (Lipinski definition) is 12. The molecule has 6 atom stereocenters. The minimum absolute atomic E-state index is 0.0126. The minimum atomic E-state index is -4.42. The van der Waals surface area contributed by atoms with E-state index in [1.165, 1.54) is 108 Å². The number of halogens is 2. The number of aromatic nitrogens is 3. The Kier molecular flexibility index (Phi) is 20.6. The number of para-hydroxylation sites is 1. The second-order valence-electron chi connectivity index (χ2n) is 16.9. The molecule has 2 N–H and O–H groups in total. The maximum atomic E-state index is 14.6. The number of phosphoric ester groups is 1. The van der Waals surface area contributed by atoms with E-state index >= 15 is 0 Å². The van der Waals surface area contributed by atoms with Gasteiger partial charge in [0, 0.05) is 0 Å². The van der Waals surface area contributed by atoms with Crippen LogP contribution in [0, 0.1) is 17.1 Å². The van der Waals surface area contributed by atoms with E-state index < -0.39 is 44.2 Å². The van der Waals surface area contributed by atoms with Crippen molar-refractivity contribution in [3.05, 3.63) is 88.6 Å². The summed E-state index contributed by atoms with van der Waals surface area (Å²) in [7, 11) is -4.42. The van der Waals surface area contributed by atoms with Gasteiger partial charge in [-0.1, -0.05) is 146 Å². The molecule has 2 aliphatic heterocycles. The SMILES string of the molecule is CCCCCCCCCCCCCCCCCCCCC(COP(=O)(OC[C@H]1O[C@@H](c2ccc3c(N)ncnn23)[C@@H]2OCO[C@@H]21)Oc1ccccc1Cl)OCc1cc(F)cc(C#N)c1. The molecule has 0 saturated carbocycles. The third-order valence-corrected chi connectivity index (χ3v) is 13.6. The standard InChI is InChI=1S/C48H66ClFN5O8P/c1-2-3-4-5-6-7-8-9-10-11-12-13-14-15-16-17-18-19-22-39(57-31-37-27-36(30-51)28-38(50)29-37)32-60-64(56,63-43-24-21-20-23-40(43)49)61-33-44-46-47(59-35-58-46)45(62-44)41-25-26-42-48(52)53-34-54-55(41)42/h20-21,23-29,34,39,44-47H,2-19,22,31-33,35H2,1H3,(H2,52,53,54)/t39?,44-,45+,46-,47+,64?/m1/s1. The molecule has 16 heteroatoms. The number of nitrogen functional groups attached to an aromatic ring is 1. The lowest BCUT2D eigenvalue weighted by atomic mass is 10.0. The summed E-state index contributed by atoms with van der Waals surface area (Å²) in [6.45, 7) is 1.91. The van der Waals surface area contributed by atoms with E-state index in [0.717, 1.165) is 25.7 Å². The zero-order chi connectivity index (χ0) is 45.0. The number of rotatable bonds is 31. The summed E-state index contributed by atoms with van der Waals surface area (Å²) in [4.78, 5) is 4.07. The first-order valence-electron chi connectivity index (χ1n) is 23.4. The first kappa shape index (κ1) is 49.8. The number of ether oxygens (including phenoxy) is 4. The Morgan fingerprint density at radius 2 is 1.55 bits per heavy atom. The van der Waals surface area contributed by atoms with Crippen LogP contribution in [0.15, 0.2) is 60.9 Å². The molecule has 4 aromatic rings. The van der Waals surface area contributed by atoms with Crippen molar-refractivity contribution in [2.45, 2.75) is 166 Å². The van der Waals surface area contributed by atoms with Crippen molar-refractivity contribution in [2.75, 3.05) is 25.7 Å². The molecule has 0 radical (unpaired) electrons. The number of phosphoric acid groups is 1. The molecule has 6 rings (SSSR count). The van der Waals surface area contributed by atoms with Crippen LogP contribution in [-0.4, -0.2) is 59.0 Å². The molecule has 2 saturated heterocycles. The quantitative estimate of drug-likeness (QED) is 0.0376. The van der Waals surface area contributed by atoms with Crippen molar-refractivity contribution in [1.29, 1.82) is 5.26 Å². The van der Waals surface area contributed by atoms with Gasteiger partial charge in [0.1, 0.15) is 54.6 Å². The number of nitriles is 1. The Hall–Kier alpha value is -3.64.